The Bertz CT molecular complexity index is 621. The van der Waals surface area contributed by atoms with Crippen molar-refractivity contribution in [2.24, 2.45) is 5.92 Å². The monoisotopic (exact) mass is 380 g/mol. The summed E-state index contributed by atoms with van der Waals surface area (Å²) in [5.74, 6) is 2.05. The molecule has 0 saturated carbocycles. The zero-order valence-corrected chi connectivity index (χ0v) is 17.8. The third-order valence-electron chi connectivity index (χ3n) is 5.30. The van der Waals surface area contributed by atoms with Crippen molar-refractivity contribution < 1.29 is 14.4 Å². The number of quaternary nitrogens is 1. The highest BCUT2D eigenvalue weighted by Crippen LogP contribution is 2.35. The maximum atomic E-state index is 5.59. The molecule has 5 nitrogen and oxygen atoms in total. The Hall–Kier alpha value is -1.53. The van der Waals surface area contributed by atoms with Crippen molar-refractivity contribution in [3.63, 3.8) is 0 Å². The summed E-state index contributed by atoms with van der Waals surface area (Å²) in [7, 11) is 3.40. The van der Waals surface area contributed by atoms with Crippen LogP contribution in [0, 0.1) is 5.92 Å². The van der Waals surface area contributed by atoms with Crippen molar-refractivity contribution >= 4 is 17.3 Å². The van der Waals surface area contributed by atoms with Crippen LogP contribution in [0.15, 0.2) is 12.1 Å². The molecule has 3 atom stereocenters. The maximum Gasteiger partial charge on any atom is 0.166 e. The van der Waals surface area contributed by atoms with Gasteiger partial charge in [-0.2, -0.15) is 0 Å². The number of methoxy groups -OCH3 is 2. The maximum absolute atomic E-state index is 5.59. The molecule has 3 N–H and O–H groups in total. The van der Waals surface area contributed by atoms with Crippen LogP contribution in [-0.4, -0.2) is 45.0 Å². The molecular formula is C20H34N3O2S+. The van der Waals surface area contributed by atoms with E-state index in [1.165, 1.54) is 11.1 Å². The molecule has 146 valence electrons. The highest BCUT2D eigenvalue weighted by Gasteiger charge is 2.39. The molecule has 0 fully saturated rings. The van der Waals surface area contributed by atoms with Gasteiger partial charge < -0.3 is 25.0 Å². The number of thiocarbonyl (C=S) groups is 1. The number of hydrogen-bond acceptors (Lipinski definition) is 3. The summed E-state index contributed by atoms with van der Waals surface area (Å²) in [6, 6.07) is 4.88. The van der Waals surface area contributed by atoms with E-state index in [0.717, 1.165) is 42.7 Å². The van der Waals surface area contributed by atoms with Gasteiger partial charge >= 0.3 is 0 Å². The number of fused-ring (bicyclic) bond motifs is 1. The average molecular weight is 381 g/mol. The molecule has 1 heterocycles. The van der Waals surface area contributed by atoms with Crippen LogP contribution in [0.2, 0.25) is 0 Å². The number of hydrogen-bond donors (Lipinski definition) is 3. The van der Waals surface area contributed by atoms with Crippen LogP contribution in [0.3, 0.4) is 0 Å². The van der Waals surface area contributed by atoms with Crippen LogP contribution in [0.1, 0.15) is 44.9 Å². The number of likely N-dealkylation sites (N-methyl/N-ethyl adjacent to an activating group) is 1. The highest BCUT2D eigenvalue weighted by molar-refractivity contribution is 7.80. The van der Waals surface area contributed by atoms with E-state index < -0.39 is 0 Å². The van der Waals surface area contributed by atoms with Crippen molar-refractivity contribution in [1.29, 1.82) is 0 Å². The van der Waals surface area contributed by atoms with Crippen molar-refractivity contribution in [2.45, 2.75) is 46.2 Å². The molecule has 1 aliphatic rings. The Morgan fingerprint density at radius 3 is 2.42 bits per heavy atom. The van der Waals surface area contributed by atoms with Gasteiger partial charge in [-0.15, -0.1) is 0 Å². The summed E-state index contributed by atoms with van der Waals surface area (Å²) in [6.45, 7) is 11.9. The summed E-state index contributed by atoms with van der Waals surface area (Å²) >= 11 is 5.50. The normalized spacial score (nSPS) is 20.3. The average Bonchev–Trinajstić information content (AvgIpc) is 2.64. The summed E-state index contributed by atoms with van der Waals surface area (Å²) < 4.78 is 11.1. The van der Waals surface area contributed by atoms with Crippen LogP contribution < -0.4 is 25.0 Å². The van der Waals surface area contributed by atoms with E-state index in [4.69, 9.17) is 21.7 Å². The Morgan fingerprint density at radius 2 is 1.88 bits per heavy atom. The Morgan fingerprint density at radius 1 is 1.23 bits per heavy atom. The molecule has 0 aromatic heterocycles. The molecule has 1 aromatic rings. The lowest BCUT2D eigenvalue weighted by Gasteiger charge is -2.40. The number of rotatable bonds is 7. The standard InChI is InChI=1S/C20H33N3O2S/c1-7-21-20(26)22-18(13(3)4)19-15-12-17(25-6)16(24-5)11-14(15)9-10-23(19)8-2/h11-13,18-19H,7-10H2,1-6H3,(H2,21,22,26)/p+1/t18-,19+/m0/s1. The third kappa shape index (κ3) is 4.41. The Kier molecular flexibility index (Phi) is 7.53. The largest absolute Gasteiger partial charge is 0.493 e. The predicted molar refractivity (Wildman–Crippen MR) is 110 cm³/mol. The number of ether oxygens (including phenoxy) is 2. The molecular weight excluding hydrogens is 346 g/mol. The minimum Gasteiger partial charge on any atom is -0.493 e. The summed E-state index contributed by atoms with van der Waals surface area (Å²) in [6.07, 6.45) is 1.05. The lowest BCUT2D eigenvalue weighted by molar-refractivity contribution is -0.934. The summed E-state index contributed by atoms with van der Waals surface area (Å²) in [4.78, 5) is 1.58. The molecule has 0 bridgehead atoms. The van der Waals surface area contributed by atoms with E-state index in [9.17, 15) is 0 Å². The van der Waals surface area contributed by atoms with Crippen LogP contribution in [0.25, 0.3) is 0 Å². The molecule has 0 saturated heterocycles. The minimum atomic E-state index is 0.244. The van der Waals surface area contributed by atoms with E-state index in [1.807, 2.05) is 0 Å². The topological polar surface area (TPSA) is 47.0 Å². The van der Waals surface area contributed by atoms with Gasteiger partial charge in [0, 0.05) is 18.5 Å². The summed E-state index contributed by atoms with van der Waals surface area (Å²) in [5.41, 5.74) is 2.70. The number of benzene rings is 1. The fourth-order valence-corrected chi connectivity index (χ4v) is 4.24. The lowest BCUT2D eigenvalue weighted by atomic mass is 9.83. The van der Waals surface area contributed by atoms with Crippen LogP contribution in [0.5, 0.6) is 11.5 Å². The van der Waals surface area contributed by atoms with Gasteiger partial charge in [0.2, 0.25) is 0 Å². The zero-order valence-electron chi connectivity index (χ0n) is 16.9. The molecule has 1 unspecified atom stereocenters. The van der Waals surface area contributed by atoms with Gasteiger partial charge in [0.25, 0.3) is 0 Å². The first kappa shape index (κ1) is 20.8. The molecule has 1 aromatic carbocycles. The van der Waals surface area contributed by atoms with Gasteiger partial charge in [-0.25, -0.2) is 0 Å². The highest BCUT2D eigenvalue weighted by atomic mass is 32.1. The number of nitrogens with one attached hydrogen (secondary N) is 3. The van der Waals surface area contributed by atoms with Crippen molar-refractivity contribution in [1.82, 2.24) is 10.6 Å². The first-order valence-electron chi connectivity index (χ1n) is 9.60. The smallest absolute Gasteiger partial charge is 0.166 e. The quantitative estimate of drug-likeness (QED) is 0.629. The predicted octanol–water partition coefficient (Wildman–Crippen LogP) is 1.71. The van der Waals surface area contributed by atoms with Gasteiger partial charge in [0.1, 0.15) is 6.04 Å². The van der Waals surface area contributed by atoms with Crippen molar-refractivity contribution in [2.75, 3.05) is 33.9 Å². The van der Waals surface area contributed by atoms with Crippen molar-refractivity contribution in [3.05, 3.63) is 23.3 Å². The van der Waals surface area contributed by atoms with Gasteiger partial charge in [0.15, 0.2) is 16.6 Å². The second-order valence-corrected chi connectivity index (χ2v) is 7.58. The van der Waals surface area contributed by atoms with Gasteiger partial charge in [0.05, 0.1) is 33.4 Å². The second kappa shape index (κ2) is 9.42. The van der Waals surface area contributed by atoms with E-state index in [-0.39, 0.29) is 6.04 Å². The molecule has 0 radical (unpaired) electrons. The first-order chi connectivity index (χ1) is 12.5. The van der Waals surface area contributed by atoms with E-state index >= 15 is 0 Å². The van der Waals surface area contributed by atoms with Gasteiger partial charge in [-0.05, 0) is 49.7 Å². The fraction of sp³-hybridized carbons (Fsp3) is 0.650. The minimum absolute atomic E-state index is 0.244. The van der Waals surface area contributed by atoms with E-state index in [2.05, 4.69) is 50.5 Å². The van der Waals surface area contributed by atoms with Crippen LogP contribution >= 0.6 is 12.2 Å². The molecule has 0 aliphatic carbocycles. The van der Waals surface area contributed by atoms with Crippen molar-refractivity contribution in [3.8, 4) is 11.5 Å². The fourth-order valence-electron chi connectivity index (χ4n) is 3.96. The molecule has 1 aliphatic heterocycles. The Labute approximate surface area is 163 Å². The summed E-state index contributed by atoms with van der Waals surface area (Å²) in [5, 5.41) is 7.55. The zero-order chi connectivity index (χ0) is 19.3. The van der Waals surface area contributed by atoms with E-state index in [1.54, 1.807) is 19.1 Å². The van der Waals surface area contributed by atoms with E-state index in [0.29, 0.717) is 12.0 Å². The van der Waals surface area contributed by atoms with Crippen LogP contribution in [0.4, 0.5) is 0 Å². The molecule has 0 spiro atoms. The molecule has 2 rings (SSSR count). The SMILES string of the molecule is CCNC(=S)N[C@@H](C(C)C)[C@H]1c2cc(OC)c(OC)cc2CC[NH+]1CC. The van der Waals surface area contributed by atoms with Gasteiger partial charge in [-0.1, -0.05) is 13.8 Å². The Balaban J connectivity index is 2.48. The molecule has 0 amide bonds. The van der Waals surface area contributed by atoms with Gasteiger partial charge in [-0.3, -0.25) is 0 Å². The third-order valence-corrected chi connectivity index (χ3v) is 5.56. The lowest BCUT2D eigenvalue weighted by Crippen LogP contribution is -3.14. The molecule has 26 heavy (non-hydrogen) atoms. The first-order valence-corrected chi connectivity index (χ1v) is 10.0. The molecule has 6 heteroatoms. The second-order valence-electron chi connectivity index (χ2n) is 7.17. The van der Waals surface area contributed by atoms with Crippen LogP contribution in [-0.2, 0) is 6.42 Å².